The molecule has 1 heterocycles. The van der Waals surface area contributed by atoms with E-state index in [4.69, 9.17) is 0 Å². The molecule has 1 aromatic heterocycles. The lowest BCUT2D eigenvalue weighted by Crippen LogP contribution is -2.05. The molecule has 100 valence electrons. The molecule has 0 N–H and O–H groups in total. The van der Waals surface area contributed by atoms with Gasteiger partial charge in [-0.1, -0.05) is 0 Å². The summed E-state index contributed by atoms with van der Waals surface area (Å²) in [6.07, 6.45) is 4.05. The summed E-state index contributed by atoms with van der Waals surface area (Å²) >= 11 is 0. The number of carbonyl (C=O) groups excluding carboxylic acids is 1. The molecule has 0 saturated carbocycles. The van der Waals surface area contributed by atoms with E-state index in [2.05, 4.69) is 9.72 Å². The summed E-state index contributed by atoms with van der Waals surface area (Å²) < 4.78 is 20.1. The van der Waals surface area contributed by atoms with Gasteiger partial charge in [-0.25, -0.2) is 14.2 Å². The topological polar surface area (TPSA) is 44.1 Å². The predicted molar refractivity (Wildman–Crippen MR) is 68.4 cm³/mol. The number of ether oxygens (including phenoxy) is 1. The molecule has 0 aliphatic heterocycles. The zero-order chi connectivity index (χ0) is 13.8. The van der Waals surface area contributed by atoms with Gasteiger partial charge < -0.3 is 9.30 Å². The van der Waals surface area contributed by atoms with E-state index in [1.165, 1.54) is 19.2 Å². The standard InChI is InChI=1S/C14H15FN2O2/c1-3-17-5-4-16-13(17)8-10-6-11(14(18)19-2)9-12(15)7-10/h4-7,9H,3,8H2,1-2H3. The molecule has 2 rings (SSSR count). The first-order valence-electron chi connectivity index (χ1n) is 6.01. The maximum absolute atomic E-state index is 13.5. The molecule has 0 aliphatic carbocycles. The van der Waals surface area contributed by atoms with E-state index < -0.39 is 11.8 Å². The molecular formula is C14H15FN2O2. The molecule has 0 radical (unpaired) electrons. The normalized spacial score (nSPS) is 10.5. The number of aryl methyl sites for hydroxylation is 1. The number of nitrogens with zero attached hydrogens (tertiary/aromatic N) is 2. The molecule has 0 aliphatic rings. The summed E-state index contributed by atoms with van der Waals surface area (Å²) in [7, 11) is 1.27. The van der Waals surface area contributed by atoms with Gasteiger partial charge in [-0.15, -0.1) is 0 Å². The van der Waals surface area contributed by atoms with Gasteiger partial charge in [0.15, 0.2) is 0 Å². The SMILES string of the molecule is CCn1ccnc1Cc1cc(F)cc(C(=O)OC)c1. The Hall–Kier alpha value is -2.17. The quantitative estimate of drug-likeness (QED) is 0.795. The van der Waals surface area contributed by atoms with E-state index in [0.717, 1.165) is 12.4 Å². The van der Waals surface area contributed by atoms with Crippen molar-refractivity contribution in [3.05, 3.63) is 53.4 Å². The fourth-order valence-corrected chi connectivity index (χ4v) is 1.97. The van der Waals surface area contributed by atoms with Gasteiger partial charge in [0.25, 0.3) is 0 Å². The smallest absolute Gasteiger partial charge is 0.337 e. The van der Waals surface area contributed by atoms with Crippen LogP contribution in [0, 0.1) is 5.82 Å². The Bertz CT molecular complexity index is 593. The first kappa shape index (κ1) is 13.3. The minimum atomic E-state index is -0.542. The first-order chi connectivity index (χ1) is 9.13. The van der Waals surface area contributed by atoms with Crippen molar-refractivity contribution in [2.75, 3.05) is 7.11 Å². The van der Waals surface area contributed by atoms with Crippen LogP contribution in [0.4, 0.5) is 4.39 Å². The van der Waals surface area contributed by atoms with E-state index in [1.807, 2.05) is 17.7 Å². The van der Waals surface area contributed by atoms with Gasteiger partial charge in [-0.3, -0.25) is 0 Å². The highest BCUT2D eigenvalue weighted by Crippen LogP contribution is 2.14. The summed E-state index contributed by atoms with van der Waals surface area (Å²) in [5.41, 5.74) is 0.911. The van der Waals surface area contributed by atoms with Crippen molar-refractivity contribution >= 4 is 5.97 Å². The zero-order valence-electron chi connectivity index (χ0n) is 10.9. The third kappa shape index (κ3) is 2.99. The minimum Gasteiger partial charge on any atom is -0.465 e. The first-order valence-corrected chi connectivity index (χ1v) is 6.01. The number of halogens is 1. The highest BCUT2D eigenvalue weighted by Gasteiger charge is 2.10. The maximum Gasteiger partial charge on any atom is 0.337 e. The van der Waals surface area contributed by atoms with Crippen LogP contribution in [0.1, 0.15) is 28.7 Å². The molecule has 5 heteroatoms. The van der Waals surface area contributed by atoms with Crippen LogP contribution in [0.3, 0.4) is 0 Å². The second-order valence-corrected chi connectivity index (χ2v) is 4.15. The number of hydrogen-bond donors (Lipinski definition) is 0. The Morgan fingerprint density at radius 2 is 2.21 bits per heavy atom. The summed E-state index contributed by atoms with van der Waals surface area (Å²) in [6, 6.07) is 4.20. The van der Waals surface area contributed by atoms with Gasteiger partial charge in [0.05, 0.1) is 12.7 Å². The van der Waals surface area contributed by atoms with Crippen LogP contribution in [0.25, 0.3) is 0 Å². The largest absolute Gasteiger partial charge is 0.465 e. The van der Waals surface area contributed by atoms with E-state index in [9.17, 15) is 9.18 Å². The molecule has 19 heavy (non-hydrogen) atoms. The van der Waals surface area contributed by atoms with Crippen LogP contribution in [0.2, 0.25) is 0 Å². The Labute approximate surface area is 110 Å². The van der Waals surface area contributed by atoms with Gasteiger partial charge in [0.2, 0.25) is 0 Å². The second kappa shape index (κ2) is 5.65. The molecular weight excluding hydrogens is 247 g/mol. The number of methoxy groups -OCH3 is 1. The Kier molecular flexibility index (Phi) is 3.94. The molecule has 0 unspecified atom stereocenters. The van der Waals surface area contributed by atoms with Crippen LogP contribution >= 0.6 is 0 Å². The zero-order valence-corrected chi connectivity index (χ0v) is 10.9. The Balaban J connectivity index is 2.30. The molecule has 0 amide bonds. The second-order valence-electron chi connectivity index (χ2n) is 4.15. The molecule has 0 saturated heterocycles. The molecule has 2 aromatic rings. The highest BCUT2D eigenvalue weighted by atomic mass is 19.1. The van der Waals surface area contributed by atoms with Gasteiger partial charge >= 0.3 is 5.97 Å². The third-order valence-corrected chi connectivity index (χ3v) is 2.88. The van der Waals surface area contributed by atoms with Crippen molar-refractivity contribution in [3.63, 3.8) is 0 Å². The van der Waals surface area contributed by atoms with Gasteiger partial charge in [0, 0.05) is 25.4 Å². The average Bonchev–Trinajstić information content (AvgIpc) is 2.84. The summed E-state index contributed by atoms with van der Waals surface area (Å²) in [5.74, 6) is -0.156. The van der Waals surface area contributed by atoms with E-state index in [1.54, 1.807) is 12.3 Å². The lowest BCUT2D eigenvalue weighted by atomic mass is 10.1. The van der Waals surface area contributed by atoms with Crippen molar-refractivity contribution < 1.29 is 13.9 Å². The number of hydrogen-bond acceptors (Lipinski definition) is 3. The summed E-state index contributed by atoms with van der Waals surface area (Å²) in [6.45, 7) is 2.81. The number of imidazole rings is 1. The van der Waals surface area contributed by atoms with Crippen LogP contribution in [0.5, 0.6) is 0 Å². The van der Waals surface area contributed by atoms with Crippen molar-refractivity contribution in [2.24, 2.45) is 0 Å². The average molecular weight is 262 g/mol. The number of rotatable bonds is 4. The van der Waals surface area contributed by atoms with E-state index in [0.29, 0.717) is 12.0 Å². The number of carbonyl (C=O) groups is 1. The number of benzene rings is 1. The van der Waals surface area contributed by atoms with Crippen LogP contribution in [0.15, 0.2) is 30.6 Å². The summed E-state index contributed by atoms with van der Waals surface area (Å²) in [5, 5.41) is 0. The molecule has 0 atom stereocenters. The third-order valence-electron chi connectivity index (χ3n) is 2.88. The van der Waals surface area contributed by atoms with Crippen LogP contribution in [-0.2, 0) is 17.7 Å². The van der Waals surface area contributed by atoms with Gasteiger partial charge in [-0.05, 0) is 30.7 Å². The van der Waals surface area contributed by atoms with Gasteiger partial charge in [-0.2, -0.15) is 0 Å². The van der Waals surface area contributed by atoms with E-state index >= 15 is 0 Å². The molecule has 0 fully saturated rings. The molecule has 4 nitrogen and oxygen atoms in total. The van der Waals surface area contributed by atoms with Crippen molar-refractivity contribution in [2.45, 2.75) is 19.9 Å². The monoisotopic (exact) mass is 262 g/mol. The lowest BCUT2D eigenvalue weighted by molar-refractivity contribution is 0.0600. The Morgan fingerprint density at radius 1 is 1.42 bits per heavy atom. The lowest BCUT2D eigenvalue weighted by Gasteiger charge is -2.07. The maximum atomic E-state index is 13.5. The van der Waals surface area contributed by atoms with Crippen molar-refractivity contribution in [1.82, 2.24) is 9.55 Å². The van der Waals surface area contributed by atoms with Crippen molar-refractivity contribution in [3.8, 4) is 0 Å². The number of esters is 1. The van der Waals surface area contributed by atoms with E-state index in [-0.39, 0.29) is 5.56 Å². The molecule has 0 bridgehead atoms. The highest BCUT2D eigenvalue weighted by molar-refractivity contribution is 5.89. The fraction of sp³-hybridized carbons (Fsp3) is 0.286. The Morgan fingerprint density at radius 3 is 2.89 bits per heavy atom. The molecule has 1 aromatic carbocycles. The summed E-state index contributed by atoms with van der Waals surface area (Å²) in [4.78, 5) is 15.7. The molecule has 0 spiro atoms. The van der Waals surface area contributed by atoms with Crippen LogP contribution < -0.4 is 0 Å². The minimum absolute atomic E-state index is 0.215. The van der Waals surface area contributed by atoms with Gasteiger partial charge in [0.1, 0.15) is 11.6 Å². The number of aromatic nitrogens is 2. The fourth-order valence-electron chi connectivity index (χ4n) is 1.97. The van der Waals surface area contributed by atoms with Crippen LogP contribution in [-0.4, -0.2) is 22.6 Å². The van der Waals surface area contributed by atoms with Crippen molar-refractivity contribution in [1.29, 1.82) is 0 Å². The predicted octanol–water partition coefficient (Wildman–Crippen LogP) is 2.42.